The van der Waals surface area contributed by atoms with Gasteiger partial charge in [-0.2, -0.15) is 0 Å². The summed E-state index contributed by atoms with van der Waals surface area (Å²) >= 11 is 0. The van der Waals surface area contributed by atoms with Crippen molar-refractivity contribution in [2.24, 2.45) is 0 Å². The zero-order valence-electron chi connectivity index (χ0n) is 22.0. The molecule has 6 heteroatoms. The molecule has 3 aromatic carbocycles. The van der Waals surface area contributed by atoms with Gasteiger partial charge in [-0.15, -0.1) is 0 Å². The minimum Gasteiger partial charge on any atom is -0.299 e. The lowest BCUT2D eigenvalue weighted by molar-refractivity contribution is -0.118. The average molecular weight is 545 g/mol. The molecule has 0 radical (unpaired) electrons. The summed E-state index contributed by atoms with van der Waals surface area (Å²) in [4.78, 5) is 26.4. The van der Waals surface area contributed by atoms with Crippen LogP contribution in [0.15, 0.2) is 95.6 Å². The fraction of sp³-hybridized carbons (Fsp3) is 0.235. The summed E-state index contributed by atoms with van der Waals surface area (Å²) in [6.07, 6.45) is 8.16. The molecule has 0 bridgehead atoms. The third-order valence-electron chi connectivity index (χ3n) is 7.69. The number of hydrogen-bond donors (Lipinski definition) is 0. The van der Waals surface area contributed by atoms with E-state index in [2.05, 4.69) is 6.08 Å². The van der Waals surface area contributed by atoms with Crippen LogP contribution in [0.25, 0.3) is 0 Å². The average Bonchev–Trinajstić information content (AvgIpc) is 3.54. The number of hydrogen-bond acceptors (Lipinski definition) is 2. The Morgan fingerprint density at radius 1 is 0.900 bits per heavy atom. The van der Waals surface area contributed by atoms with Crippen LogP contribution in [0.2, 0.25) is 0 Å². The second kappa shape index (κ2) is 11.6. The van der Waals surface area contributed by atoms with Crippen LogP contribution in [0.3, 0.4) is 0 Å². The molecule has 0 aliphatic heterocycles. The van der Waals surface area contributed by atoms with E-state index in [4.69, 9.17) is 0 Å². The van der Waals surface area contributed by atoms with Crippen LogP contribution in [-0.4, -0.2) is 11.6 Å². The number of Topliss-reactive ketones (excluding diaryl/α,β-unsaturated/α-hetero) is 2. The van der Waals surface area contributed by atoms with E-state index < -0.39 is 40.5 Å². The minimum absolute atomic E-state index is 0.113. The molecular formula is C34H28F4O2. The first-order valence-corrected chi connectivity index (χ1v) is 13.3. The number of allylic oxidation sites excluding steroid dienone is 6. The monoisotopic (exact) mass is 544 g/mol. The molecule has 0 heterocycles. The standard InChI is InChI=1S/C34H28F4O2/c1-20-6-7-21(14-20)15-27(39)13-10-23-4-2-3-5-28(23)29-16-24(22-8-11-25(35)12-9-22)17-30(29)34(40)33-31(37)18-26(36)19-32(33)38/h2-6,8-9,11-12,14,17-19,24,29H,7,10,13,15-16H2,1H3. The Hall–Kier alpha value is -4.06. The van der Waals surface area contributed by atoms with Gasteiger partial charge < -0.3 is 0 Å². The SMILES string of the molecule is CC1=CCC(CC(=O)CCc2ccccc2C2CC(c3ccc(F)cc3)C=C2C(=O)c2c(F)cc(F)cc2F)=C1. The Bertz CT molecular complexity index is 1540. The number of carbonyl (C=O) groups is 2. The topological polar surface area (TPSA) is 34.1 Å². The predicted octanol–water partition coefficient (Wildman–Crippen LogP) is 8.49. The molecule has 0 amide bonds. The van der Waals surface area contributed by atoms with Gasteiger partial charge in [-0.05, 0) is 55.0 Å². The quantitative estimate of drug-likeness (QED) is 0.200. The molecule has 3 aromatic rings. The van der Waals surface area contributed by atoms with Crippen molar-refractivity contribution in [1.82, 2.24) is 0 Å². The van der Waals surface area contributed by atoms with Crippen molar-refractivity contribution in [2.45, 2.75) is 50.9 Å². The summed E-state index contributed by atoms with van der Waals surface area (Å²) < 4.78 is 56.5. The summed E-state index contributed by atoms with van der Waals surface area (Å²) in [6.45, 7) is 2.00. The Morgan fingerprint density at radius 2 is 1.60 bits per heavy atom. The van der Waals surface area contributed by atoms with Crippen LogP contribution < -0.4 is 0 Å². The number of carbonyl (C=O) groups excluding carboxylic acids is 2. The van der Waals surface area contributed by atoms with Gasteiger partial charge in [0.25, 0.3) is 0 Å². The van der Waals surface area contributed by atoms with E-state index in [-0.39, 0.29) is 17.3 Å². The van der Waals surface area contributed by atoms with Crippen molar-refractivity contribution in [2.75, 3.05) is 0 Å². The molecular weight excluding hydrogens is 516 g/mol. The van der Waals surface area contributed by atoms with E-state index in [9.17, 15) is 27.2 Å². The molecule has 2 aliphatic rings. The zero-order valence-corrected chi connectivity index (χ0v) is 22.0. The molecule has 2 unspecified atom stereocenters. The van der Waals surface area contributed by atoms with Crippen molar-refractivity contribution in [3.8, 4) is 0 Å². The lowest BCUT2D eigenvalue weighted by Gasteiger charge is -2.20. The zero-order chi connectivity index (χ0) is 28.4. The van der Waals surface area contributed by atoms with Crippen LogP contribution in [-0.2, 0) is 11.2 Å². The summed E-state index contributed by atoms with van der Waals surface area (Å²) in [7, 11) is 0. The molecule has 0 saturated heterocycles. The Morgan fingerprint density at radius 3 is 2.27 bits per heavy atom. The first-order chi connectivity index (χ1) is 19.2. The summed E-state index contributed by atoms with van der Waals surface area (Å²) in [5.41, 5.74) is 4.05. The van der Waals surface area contributed by atoms with Crippen LogP contribution in [0.1, 0.15) is 71.5 Å². The Labute approximate surface area is 230 Å². The third-order valence-corrected chi connectivity index (χ3v) is 7.69. The maximum absolute atomic E-state index is 14.7. The molecule has 204 valence electrons. The Balaban J connectivity index is 1.46. The highest BCUT2D eigenvalue weighted by Crippen LogP contribution is 2.46. The van der Waals surface area contributed by atoms with Crippen molar-refractivity contribution in [3.05, 3.63) is 141 Å². The van der Waals surface area contributed by atoms with Gasteiger partial charge in [-0.25, -0.2) is 17.6 Å². The second-order valence-corrected chi connectivity index (χ2v) is 10.5. The number of benzene rings is 3. The largest absolute Gasteiger partial charge is 0.299 e. The van der Waals surface area contributed by atoms with Crippen LogP contribution in [0, 0.1) is 23.3 Å². The molecule has 40 heavy (non-hydrogen) atoms. The van der Waals surface area contributed by atoms with Crippen LogP contribution in [0.5, 0.6) is 0 Å². The van der Waals surface area contributed by atoms with Gasteiger partial charge in [0.1, 0.15) is 29.1 Å². The highest BCUT2D eigenvalue weighted by atomic mass is 19.1. The minimum atomic E-state index is -1.27. The summed E-state index contributed by atoms with van der Waals surface area (Å²) in [5, 5.41) is 0. The smallest absolute Gasteiger partial charge is 0.195 e. The fourth-order valence-electron chi connectivity index (χ4n) is 5.73. The molecule has 0 aromatic heterocycles. The van der Waals surface area contributed by atoms with E-state index in [1.807, 2.05) is 37.3 Å². The molecule has 2 aliphatic carbocycles. The Kier molecular flexibility index (Phi) is 7.97. The molecule has 5 rings (SSSR count). The van der Waals surface area contributed by atoms with Gasteiger partial charge >= 0.3 is 0 Å². The second-order valence-electron chi connectivity index (χ2n) is 10.5. The first kappa shape index (κ1) is 27.5. The predicted molar refractivity (Wildman–Crippen MR) is 146 cm³/mol. The van der Waals surface area contributed by atoms with E-state index in [0.29, 0.717) is 37.8 Å². The maximum atomic E-state index is 14.7. The molecule has 0 saturated carbocycles. The van der Waals surface area contributed by atoms with Gasteiger partial charge in [0.15, 0.2) is 5.78 Å². The van der Waals surface area contributed by atoms with Gasteiger partial charge in [0, 0.05) is 42.4 Å². The summed E-state index contributed by atoms with van der Waals surface area (Å²) in [6, 6.07) is 14.3. The van der Waals surface area contributed by atoms with Crippen molar-refractivity contribution in [1.29, 1.82) is 0 Å². The number of halogens is 4. The molecule has 2 atom stereocenters. The van der Waals surface area contributed by atoms with Crippen molar-refractivity contribution in [3.63, 3.8) is 0 Å². The fourth-order valence-corrected chi connectivity index (χ4v) is 5.73. The van der Waals surface area contributed by atoms with Gasteiger partial charge in [-0.1, -0.05) is 65.8 Å². The lowest BCUT2D eigenvalue weighted by Crippen LogP contribution is -2.15. The van der Waals surface area contributed by atoms with Crippen LogP contribution in [0.4, 0.5) is 17.6 Å². The van der Waals surface area contributed by atoms with E-state index >= 15 is 0 Å². The lowest BCUT2D eigenvalue weighted by atomic mass is 9.83. The third kappa shape index (κ3) is 5.91. The van der Waals surface area contributed by atoms with Gasteiger partial charge in [0.2, 0.25) is 0 Å². The normalized spacial score (nSPS) is 18.4. The van der Waals surface area contributed by atoms with E-state index in [1.165, 1.54) is 12.1 Å². The van der Waals surface area contributed by atoms with Gasteiger partial charge in [0.05, 0.1) is 5.56 Å². The van der Waals surface area contributed by atoms with Gasteiger partial charge in [-0.3, -0.25) is 9.59 Å². The number of ketones is 2. The van der Waals surface area contributed by atoms with Crippen LogP contribution >= 0.6 is 0 Å². The highest BCUT2D eigenvalue weighted by molar-refractivity contribution is 6.10. The maximum Gasteiger partial charge on any atom is 0.195 e. The molecule has 0 N–H and O–H groups in total. The first-order valence-electron chi connectivity index (χ1n) is 13.3. The van der Waals surface area contributed by atoms with E-state index in [0.717, 1.165) is 34.3 Å². The molecule has 0 fully saturated rings. The highest BCUT2D eigenvalue weighted by Gasteiger charge is 2.36. The molecule has 0 spiro atoms. The van der Waals surface area contributed by atoms with Crippen molar-refractivity contribution < 1.29 is 27.2 Å². The molecule has 2 nitrogen and oxygen atoms in total. The summed E-state index contributed by atoms with van der Waals surface area (Å²) in [5.74, 6) is -5.62. The van der Waals surface area contributed by atoms with E-state index in [1.54, 1.807) is 18.2 Å². The number of rotatable bonds is 9. The number of aryl methyl sites for hydroxylation is 1. The van der Waals surface area contributed by atoms with Crippen molar-refractivity contribution >= 4 is 11.6 Å².